The van der Waals surface area contributed by atoms with Gasteiger partial charge in [-0.25, -0.2) is 4.39 Å². The lowest BCUT2D eigenvalue weighted by atomic mass is 9.95. The second-order valence-corrected chi connectivity index (χ2v) is 6.02. The third-order valence-corrected chi connectivity index (χ3v) is 4.06. The first-order valence-corrected chi connectivity index (χ1v) is 7.59. The molecular formula is C17H17BrFNO2. The van der Waals surface area contributed by atoms with Crippen molar-refractivity contribution >= 4 is 21.8 Å². The Hall–Kier alpha value is -1.72. The number of carbonyl (C=O) groups excluding carboxylic acids is 1. The largest absolute Gasteiger partial charge is 0.372 e. The Labute approximate surface area is 137 Å². The monoisotopic (exact) mass is 365 g/mol. The fourth-order valence-corrected chi connectivity index (χ4v) is 2.55. The molecule has 116 valence electrons. The van der Waals surface area contributed by atoms with E-state index in [0.29, 0.717) is 11.1 Å². The number of carbonyl (C=O) groups is 1. The Bertz CT molecular complexity index is 677. The summed E-state index contributed by atoms with van der Waals surface area (Å²) in [5, 5.41) is 2.79. The topological polar surface area (TPSA) is 38.3 Å². The summed E-state index contributed by atoms with van der Waals surface area (Å²) in [6.07, 6.45) is 0. The van der Waals surface area contributed by atoms with Crippen LogP contribution in [0.3, 0.4) is 0 Å². The van der Waals surface area contributed by atoms with Gasteiger partial charge >= 0.3 is 0 Å². The van der Waals surface area contributed by atoms with Crippen LogP contribution in [-0.2, 0) is 10.3 Å². The number of hydrogen-bond acceptors (Lipinski definition) is 2. The van der Waals surface area contributed by atoms with E-state index in [9.17, 15) is 9.18 Å². The van der Waals surface area contributed by atoms with Crippen LogP contribution in [0.15, 0.2) is 53.0 Å². The maximum atomic E-state index is 14.0. The molecular weight excluding hydrogens is 349 g/mol. The molecule has 0 aliphatic rings. The molecule has 2 aromatic rings. The van der Waals surface area contributed by atoms with Gasteiger partial charge in [-0.3, -0.25) is 4.79 Å². The van der Waals surface area contributed by atoms with Crippen molar-refractivity contribution in [2.45, 2.75) is 12.5 Å². The van der Waals surface area contributed by atoms with Gasteiger partial charge in [0.25, 0.3) is 5.91 Å². The van der Waals surface area contributed by atoms with Crippen LogP contribution in [0.25, 0.3) is 0 Å². The minimum absolute atomic E-state index is 0.162. The number of methoxy groups -OCH3 is 1. The average Bonchev–Trinajstić information content (AvgIpc) is 2.52. The first kappa shape index (κ1) is 16.6. The highest BCUT2D eigenvalue weighted by Crippen LogP contribution is 2.26. The molecule has 0 fully saturated rings. The van der Waals surface area contributed by atoms with Crippen molar-refractivity contribution in [3.05, 3.63) is 69.9 Å². The lowest BCUT2D eigenvalue weighted by molar-refractivity contribution is 0.000388. The fraction of sp³-hybridized carbons (Fsp3) is 0.235. The predicted octanol–water partition coefficient (Wildman–Crippen LogP) is 3.88. The van der Waals surface area contributed by atoms with E-state index in [-0.39, 0.29) is 18.3 Å². The van der Waals surface area contributed by atoms with Crippen molar-refractivity contribution < 1.29 is 13.9 Å². The lowest BCUT2D eigenvalue weighted by Crippen LogP contribution is -2.40. The summed E-state index contributed by atoms with van der Waals surface area (Å²) < 4.78 is 20.2. The Balaban J connectivity index is 2.14. The van der Waals surface area contributed by atoms with Gasteiger partial charge in [0, 0.05) is 22.7 Å². The van der Waals surface area contributed by atoms with Gasteiger partial charge in [-0.1, -0.05) is 40.2 Å². The average molecular weight is 366 g/mol. The van der Waals surface area contributed by atoms with Crippen molar-refractivity contribution in [2.75, 3.05) is 13.7 Å². The van der Waals surface area contributed by atoms with Crippen molar-refractivity contribution in [2.24, 2.45) is 0 Å². The maximum absolute atomic E-state index is 14.0. The SMILES string of the molecule is COC(C)(CNC(=O)c1cccc(Br)c1)c1ccccc1F. The van der Waals surface area contributed by atoms with E-state index in [2.05, 4.69) is 21.2 Å². The standard InChI is InChI=1S/C17H17BrFNO2/c1-17(22-2,14-8-3-4-9-15(14)19)11-20-16(21)12-6-5-7-13(18)10-12/h3-10H,11H2,1-2H3,(H,20,21). The Morgan fingerprint density at radius 2 is 2.00 bits per heavy atom. The normalized spacial score (nSPS) is 13.5. The van der Waals surface area contributed by atoms with Gasteiger partial charge in [0.05, 0.1) is 6.54 Å². The van der Waals surface area contributed by atoms with Crippen LogP contribution in [-0.4, -0.2) is 19.6 Å². The number of ether oxygens (including phenoxy) is 1. The van der Waals surface area contributed by atoms with Gasteiger partial charge in [0.2, 0.25) is 0 Å². The lowest BCUT2D eigenvalue weighted by Gasteiger charge is -2.29. The van der Waals surface area contributed by atoms with Gasteiger partial charge < -0.3 is 10.1 Å². The molecule has 5 heteroatoms. The highest BCUT2D eigenvalue weighted by molar-refractivity contribution is 9.10. The summed E-state index contributed by atoms with van der Waals surface area (Å²) in [4.78, 5) is 12.2. The minimum Gasteiger partial charge on any atom is -0.372 e. The quantitative estimate of drug-likeness (QED) is 0.872. The highest BCUT2D eigenvalue weighted by Gasteiger charge is 2.29. The number of amides is 1. The minimum atomic E-state index is -0.937. The third-order valence-electron chi connectivity index (χ3n) is 3.57. The molecule has 3 nitrogen and oxygen atoms in total. The van der Waals surface area contributed by atoms with Gasteiger partial charge in [-0.2, -0.15) is 0 Å². The molecule has 0 spiro atoms. The smallest absolute Gasteiger partial charge is 0.251 e. The van der Waals surface area contributed by atoms with E-state index in [0.717, 1.165) is 4.47 Å². The molecule has 0 heterocycles. The van der Waals surface area contributed by atoms with E-state index in [1.807, 2.05) is 6.07 Å². The third kappa shape index (κ3) is 3.72. The van der Waals surface area contributed by atoms with Crippen LogP contribution in [0.1, 0.15) is 22.8 Å². The van der Waals surface area contributed by atoms with Crippen molar-refractivity contribution in [3.63, 3.8) is 0 Å². The van der Waals surface area contributed by atoms with Crippen LogP contribution in [0, 0.1) is 5.82 Å². The van der Waals surface area contributed by atoms with E-state index in [1.165, 1.54) is 13.2 Å². The van der Waals surface area contributed by atoms with Crippen molar-refractivity contribution in [1.29, 1.82) is 0 Å². The number of hydrogen-bond donors (Lipinski definition) is 1. The Morgan fingerprint density at radius 1 is 1.27 bits per heavy atom. The van der Waals surface area contributed by atoms with Gasteiger partial charge in [0.15, 0.2) is 0 Å². The van der Waals surface area contributed by atoms with E-state index in [4.69, 9.17) is 4.74 Å². The first-order chi connectivity index (χ1) is 10.5. The summed E-state index contributed by atoms with van der Waals surface area (Å²) in [6, 6.07) is 13.5. The second-order valence-electron chi connectivity index (χ2n) is 5.11. The molecule has 1 amide bonds. The molecule has 0 bridgehead atoms. The molecule has 0 aliphatic heterocycles. The van der Waals surface area contributed by atoms with E-state index >= 15 is 0 Å². The zero-order chi connectivity index (χ0) is 16.2. The van der Waals surface area contributed by atoms with Gasteiger partial charge in [-0.15, -0.1) is 0 Å². The summed E-state index contributed by atoms with van der Waals surface area (Å²) in [5.41, 5.74) is 0.000853. The number of nitrogens with one attached hydrogen (secondary N) is 1. The van der Waals surface area contributed by atoms with E-state index in [1.54, 1.807) is 43.3 Å². The first-order valence-electron chi connectivity index (χ1n) is 6.80. The summed E-state index contributed by atoms with van der Waals surface area (Å²) >= 11 is 3.33. The van der Waals surface area contributed by atoms with Crippen LogP contribution in [0.4, 0.5) is 4.39 Å². The highest BCUT2D eigenvalue weighted by atomic mass is 79.9. The molecule has 2 aromatic carbocycles. The van der Waals surface area contributed by atoms with Crippen LogP contribution in [0.5, 0.6) is 0 Å². The molecule has 0 saturated heterocycles. The van der Waals surface area contributed by atoms with Crippen LogP contribution in [0.2, 0.25) is 0 Å². The van der Waals surface area contributed by atoms with E-state index < -0.39 is 5.60 Å². The Morgan fingerprint density at radius 3 is 2.64 bits per heavy atom. The van der Waals surface area contributed by atoms with Crippen molar-refractivity contribution in [1.82, 2.24) is 5.32 Å². The molecule has 2 rings (SSSR count). The molecule has 1 atom stereocenters. The number of benzene rings is 2. The predicted molar refractivity (Wildman–Crippen MR) is 87.2 cm³/mol. The summed E-state index contributed by atoms with van der Waals surface area (Å²) in [7, 11) is 1.50. The Kier molecular flexibility index (Phi) is 5.32. The van der Waals surface area contributed by atoms with Crippen molar-refractivity contribution in [3.8, 4) is 0 Å². The zero-order valence-corrected chi connectivity index (χ0v) is 14.0. The number of halogens is 2. The summed E-state index contributed by atoms with van der Waals surface area (Å²) in [6.45, 7) is 1.91. The zero-order valence-electron chi connectivity index (χ0n) is 12.4. The van der Waals surface area contributed by atoms with Crippen LogP contribution < -0.4 is 5.32 Å². The van der Waals surface area contributed by atoms with Crippen LogP contribution >= 0.6 is 15.9 Å². The maximum Gasteiger partial charge on any atom is 0.251 e. The fourth-order valence-electron chi connectivity index (χ4n) is 2.15. The van der Waals surface area contributed by atoms with Gasteiger partial charge in [0.1, 0.15) is 11.4 Å². The molecule has 0 radical (unpaired) electrons. The molecule has 1 N–H and O–H groups in total. The molecule has 0 aromatic heterocycles. The molecule has 1 unspecified atom stereocenters. The van der Waals surface area contributed by atoms with Gasteiger partial charge in [-0.05, 0) is 31.2 Å². The molecule has 0 aliphatic carbocycles. The molecule has 22 heavy (non-hydrogen) atoms. The summed E-state index contributed by atoms with van der Waals surface area (Å²) in [5.74, 6) is -0.593. The number of rotatable bonds is 5. The second kappa shape index (κ2) is 7.03. The molecule has 0 saturated carbocycles.